The molecule has 6 nitrogen and oxygen atoms in total. The van der Waals surface area contributed by atoms with E-state index < -0.39 is 23.3 Å². The predicted octanol–water partition coefficient (Wildman–Crippen LogP) is 3.68. The summed E-state index contributed by atoms with van der Waals surface area (Å²) in [7, 11) is 0. The number of thioether (sulfide) groups is 1. The van der Waals surface area contributed by atoms with Crippen LogP contribution in [0.25, 0.3) is 0 Å². The molecule has 1 amide bonds. The van der Waals surface area contributed by atoms with Gasteiger partial charge in [-0.05, 0) is 43.4 Å². The summed E-state index contributed by atoms with van der Waals surface area (Å²) >= 11 is 1.64. The Morgan fingerprint density at radius 1 is 1.33 bits per heavy atom. The van der Waals surface area contributed by atoms with Crippen LogP contribution in [0.2, 0.25) is 0 Å². The predicted molar refractivity (Wildman–Crippen MR) is 101 cm³/mol. The zero-order valence-electron chi connectivity index (χ0n) is 14.5. The summed E-state index contributed by atoms with van der Waals surface area (Å²) in [5, 5.41) is 2.51. The van der Waals surface area contributed by atoms with E-state index in [2.05, 4.69) is 15.3 Å². The molecule has 9 heteroatoms. The second-order valence-electron chi connectivity index (χ2n) is 6.20. The standard InChI is InChI=1S/C18H18F2N4O2S/c1-18(6-7-27-10-15(21)24-18)13-8-12(3-4-14(13)20)23-17(25)26-16-5-2-11(19)9-22-16/h2-5,8-9H,6-7,10H2,1H3,(H2,21,24)(H,23,25)/t18-/m0/s1. The molecule has 3 rings (SSSR count). The van der Waals surface area contributed by atoms with Gasteiger partial charge in [-0.3, -0.25) is 10.3 Å². The van der Waals surface area contributed by atoms with Gasteiger partial charge in [-0.1, -0.05) is 0 Å². The first-order valence-electron chi connectivity index (χ1n) is 8.18. The van der Waals surface area contributed by atoms with Crippen LogP contribution in [-0.4, -0.2) is 28.4 Å². The van der Waals surface area contributed by atoms with Crippen molar-refractivity contribution < 1.29 is 18.3 Å². The van der Waals surface area contributed by atoms with Gasteiger partial charge in [-0.25, -0.2) is 18.6 Å². The van der Waals surface area contributed by atoms with E-state index in [-0.39, 0.29) is 5.88 Å². The van der Waals surface area contributed by atoms with Crippen LogP contribution in [0, 0.1) is 11.6 Å². The average molecular weight is 392 g/mol. The molecule has 0 aliphatic carbocycles. The summed E-state index contributed by atoms with van der Waals surface area (Å²) < 4.78 is 32.3. The van der Waals surface area contributed by atoms with Gasteiger partial charge in [-0.2, -0.15) is 11.8 Å². The lowest BCUT2D eigenvalue weighted by Gasteiger charge is -2.26. The van der Waals surface area contributed by atoms with E-state index in [0.29, 0.717) is 29.3 Å². The lowest BCUT2D eigenvalue weighted by atomic mass is 9.89. The number of aliphatic imine (C=N–C) groups is 1. The second-order valence-corrected chi connectivity index (χ2v) is 7.31. The number of aromatic nitrogens is 1. The summed E-state index contributed by atoms with van der Waals surface area (Å²) in [6, 6.07) is 6.54. The van der Waals surface area contributed by atoms with Crippen molar-refractivity contribution in [1.82, 2.24) is 4.98 Å². The number of nitrogens with zero attached hydrogens (tertiary/aromatic N) is 2. The number of nitrogens with two attached hydrogens (primary N) is 1. The van der Waals surface area contributed by atoms with Crippen LogP contribution in [0.4, 0.5) is 19.3 Å². The van der Waals surface area contributed by atoms with Gasteiger partial charge in [0.1, 0.15) is 17.5 Å². The molecule has 1 aromatic carbocycles. The fourth-order valence-electron chi connectivity index (χ4n) is 2.72. The van der Waals surface area contributed by atoms with Crippen LogP contribution in [0.5, 0.6) is 5.88 Å². The van der Waals surface area contributed by atoms with Crippen molar-refractivity contribution in [3.05, 3.63) is 53.7 Å². The Balaban J connectivity index is 1.79. The average Bonchev–Trinajstić information content (AvgIpc) is 2.79. The molecule has 27 heavy (non-hydrogen) atoms. The first-order chi connectivity index (χ1) is 12.9. The minimum absolute atomic E-state index is 0.0543. The molecule has 1 aliphatic rings. The van der Waals surface area contributed by atoms with E-state index in [9.17, 15) is 13.6 Å². The number of halogens is 2. The highest BCUT2D eigenvalue weighted by Crippen LogP contribution is 2.36. The first-order valence-corrected chi connectivity index (χ1v) is 9.33. The number of amidine groups is 1. The van der Waals surface area contributed by atoms with Gasteiger partial charge in [0.2, 0.25) is 5.88 Å². The first kappa shape index (κ1) is 19.1. The highest BCUT2D eigenvalue weighted by molar-refractivity contribution is 7.99. The van der Waals surface area contributed by atoms with Gasteiger partial charge < -0.3 is 10.5 Å². The van der Waals surface area contributed by atoms with E-state index >= 15 is 0 Å². The van der Waals surface area contributed by atoms with Crippen molar-refractivity contribution in [3.8, 4) is 5.88 Å². The van der Waals surface area contributed by atoms with Gasteiger partial charge in [0.25, 0.3) is 0 Å². The van der Waals surface area contributed by atoms with Gasteiger partial charge in [0, 0.05) is 17.3 Å². The molecule has 1 aliphatic heterocycles. The molecule has 1 atom stereocenters. The molecule has 1 aromatic heterocycles. The SMILES string of the molecule is C[C@@]1(c2cc(NC(=O)Oc3ccc(F)cn3)ccc2F)CCSCC(N)=N1. The Morgan fingerprint density at radius 2 is 2.15 bits per heavy atom. The smallest absolute Gasteiger partial charge is 0.391 e. The van der Waals surface area contributed by atoms with E-state index in [1.165, 1.54) is 24.3 Å². The molecule has 0 fully saturated rings. The highest BCUT2D eigenvalue weighted by atomic mass is 32.2. The minimum Gasteiger partial charge on any atom is -0.391 e. The van der Waals surface area contributed by atoms with Gasteiger partial charge in [0.05, 0.1) is 17.5 Å². The molecular weight excluding hydrogens is 374 g/mol. The Morgan fingerprint density at radius 3 is 2.89 bits per heavy atom. The van der Waals surface area contributed by atoms with Crippen LogP contribution >= 0.6 is 11.8 Å². The number of anilines is 1. The van der Waals surface area contributed by atoms with E-state index in [0.717, 1.165) is 18.0 Å². The Labute approximate surface area is 159 Å². The van der Waals surface area contributed by atoms with E-state index in [1.807, 2.05) is 6.92 Å². The molecule has 2 heterocycles. The Hall–Kier alpha value is -2.68. The molecular formula is C18H18F2N4O2S. The molecule has 0 saturated heterocycles. The van der Waals surface area contributed by atoms with Crippen LogP contribution in [0.15, 0.2) is 41.5 Å². The van der Waals surface area contributed by atoms with Crippen molar-refractivity contribution in [2.45, 2.75) is 18.9 Å². The number of hydrogen-bond donors (Lipinski definition) is 2. The lowest BCUT2D eigenvalue weighted by Crippen LogP contribution is -2.26. The van der Waals surface area contributed by atoms with Crippen LogP contribution in [0.3, 0.4) is 0 Å². The number of hydrogen-bond acceptors (Lipinski definition) is 6. The van der Waals surface area contributed by atoms with Crippen molar-refractivity contribution in [2.24, 2.45) is 10.7 Å². The zero-order valence-corrected chi connectivity index (χ0v) is 15.4. The quantitative estimate of drug-likeness (QED) is 0.832. The fourth-order valence-corrected chi connectivity index (χ4v) is 3.68. The minimum atomic E-state index is -0.823. The number of pyridine rings is 1. The molecule has 142 valence electrons. The third-order valence-corrected chi connectivity index (χ3v) is 5.06. The Kier molecular flexibility index (Phi) is 5.59. The van der Waals surface area contributed by atoms with E-state index in [4.69, 9.17) is 10.5 Å². The number of ether oxygens (including phenoxy) is 1. The molecule has 0 spiro atoms. The van der Waals surface area contributed by atoms with Crippen molar-refractivity contribution in [2.75, 3.05) is 16.8 Å². The molecule has 0 unspecified atom stereocenters. The fraction of sp³-hybridized carbons (Fsp3) is 0.278. The number of nitrogens with one attached hydrogen (secondary N) is 1. The van der Waals surface area contributed by atoms with Gasteiger partial charge in [-0.15, -0.1) is 0 Å². The third kappa shape index (κ3) is 4.73. The van der Waals surface area contributed by atoms with Crippen molar-refractivity contribution in [1.29, 1.82) is 0 Å². The third-order valence-electron chi connectivity index (χ3n) is 4.06. The van der Waals surface area contributed by atoms with Gasteiger partial charge >= 0.3 is 6.09 Å². The zero-order chi connectivity index (χ0) is 19.4. The number of benzene rings is 1. The molecule has 0 radical (unpaired) electrons. The van der Waals surface area contributed by atoms with Crippen LogP contribution in [-0.2, 0) is 5.54 Å². The number of carbonyl (C=O) groups is 1. The number of carbonyl (C=O) groups excluding carboxylic acids is 1. The molecule has 3 N–H and O–H groups in total. The second kappa shape index (κ2) is 7.91. The van der Waals surface area contributed by atoms with Crippen LogP contribution in [0.1, 0.15) is 18.9 Å². The molecule has 0 saturated carbocycles. The molecule has 2 aromatic rings. The monoisotopic (exact) mass is 392 g/mol. The van der Waals surface area contributed by atoms with Crippen LogP contribution < -0.4 is 15.8 Å². The maximum absolute atomic E-state index is 14.5. The van der Waals surface area contributed by atoms with E-state index in [1.54, 1.807) is 11.8 Å². The topological polar surface area (TPSA) is 89.6 Å². The maximum Gasteiger partial charge on any atom is 0.418 e. The summed E-state index contributed by atoms with van der Waals surface area (Å²) in [6.07, 6.45) is 0.727. The summed E-state index contributed by atoms with van der Waals surface area (Å²) in [5.74, 6) is 0.823. The number of amides is 1. The Bertz CT molecular complexity index is 876. The van der Waals surface area contributed by atoms with Crippen molar-refractivity contribution in [3.63, 3.8) is 0 Å². The summed E-state index contributed by atoms with van der Waals surface area (Å²) in [6.45, 7) is 1.81. The largest absolute Gasteiger partial charge is 0.418 e. The number of rotatable bonds is 3. The summed E-state index contributed by atoms with van der Waals surface area (Å²) in [4.78, 5) is 20.1. The maximum atomic E-state index is 14.5. The summed E-state index contributed by atoms with van der Waals surface area (Å²) in [5.41, 5.74) is 5.75. The lowest BCUT2D eigenvalue weighted by molar-refractivity contribution is 0.213. The highest BCUT2D eigenvalue weighted by Gasteiger charge is 2.31. The normalized spacial score (nSPS) is 19.7. The van der Waals surface area contributed by atoms with Crippen molar-refractivity contribution >= 4 is 29.4 Å². The molecule has 0 bridgehead atoms. The van der Waals surface area contributed by atoms with Gasteiger partial charge in [0.15, 0.2) is 0 Å².